The van der Waals surface area contributed by atoms with Crippen molar-refractivity contribution >= 4 is 22.6 Å². The Morgan fingerprint density at radius 2 is 1.34 bits per heavy atom. The van der Waals surface area contributed by atoms with E-state index in [1.807, 2.05) is 42.5 Å². The molecule has 0 radical (unpaired) electrons. The maximum Gasteiger partial charge on any atom is 0.269 e. The first-order chi connectivity index (χ1) is 14.0. The molecule has 3 aromatic carbocycles. The van der Waals surface area contributed by atoms with Crippen LogP contribution in [-0.2, 0) is 4.74 Å². The highest BCUT2D eigenvalue weighted by molar-refractivity contribution is 6.14. The van der Waals surface area contributed by atoms with E-state index in [0.29, 0.717) is 0 Å². The number of nitro groups is 1. The molecule has 2 aliphatic rings. The number of hydrogen-bond donors (Lipinski definition) is 0. The number of fused-ring (bicyclic) bond motifs is 3. The first kappa shape index (κ1) is 17.4. The number of non-ortho nitro benzene ring substituents is 1. The van der Waals surface area contributed by atoms with Gasteiger partial charge < -0.3 is 4.74 Å². The molecule has 29 heavy (non-hydrogen) atoms. The van der Waals surface area contributed by atoms with E-state index in [1.54, 1.807) is 12.1 Å². The van der Waals surface area contributed by atoms with Gasteiger partial charge in [0, 0.05) is 28.8 Å². The van der Waals surface area contributed by atoms with Crippen molar-refractivity contribution in [2.24, 2.45) is 0 Å². The zero-order chi connectivity index (χ0) is 20.2. The highest BCUT2D eigenvalue weighted by Gasteiger charge is 2.45. The second-order valence-electron chi connectivity index (χ2n) is 7.78. The van der Waals surface area contributed by atoms with E-state index in [9.17, 15) is 10.1 Å². The van der Waals surface area contributed by atoms with Gasteiger partial charge in [0.2, 0.25) is 0 Å². The van der Waals surface area contributed by atoms with Gasteiger partial charge >= 0.3 is 0 Å². The molecule has 142 valence electrons. The second kappa shape index (κ2) is 6.17. The van der Waals surface area contributed by atoms with E-state index in [-0.39, 0.29) is 10.6 Å². The summed E-state index contributed by atoms with van der Waals surface area (Å²) in [5.41, 5.74) is 7.18. The zero-order valence-corrected chi connectivity index (χ0v) is 16.2. The predicted octanol–water partition coefficient (Wildman–Crippen LogP) is 6.09. The fourth-order valence-electron chi connectivity index (χ4n) is 4.35. The first-order valence-electron chi connectivity index (χ1n) is 9.56. The van der Waals surface area contributed by atoms with Gasteiger partial charge in [-0.05, 0) is 48.2 Å². The third kappa shape index (κ3) is 2.60. The lowest BCUT2D eigenvalue weighted by Crippen LogP contribution is -2.21. The van der Waals surface area contributed by atoms with Crippen LogP contribution in [0.4, 0.5) is 5.69 Å². The summed E-state index contributed by atoms with van der Waals surface area (Å²) in [5.74, 6) is 0.884. The first-order valence-corrected chi connectivity index (χ1v) is 9.56. The Bertz CT molecular complexity index is 1200. The topological polar surface area (TPSA) is 52.4 Å². The normalized spacial score (nSPS) is 16.5. The summed E-state index contributed by atoms with van der Waals surface area (Å²) in [6.07, 6.45) is 0. The molecule has 1 aliphatic heterocycles. The molecule has 0 atom stereocenters. The molecule has 0 bridgehead atoms. The Morgan fingerprint density at radius 3 is 1.97 bits per heavy atom. The number of benzene rings is 3. The van der Waals surface area contributed by atoms with Gasteiger partial charge in [0.05, 0.1) is 4.92 Å². The molecule has 0 fully saturated rings. The summed E-state index contributed by atoms with van der Waals surface area (Å²) in [7, 11) is 0. The van der Waals surface area contributed by atoms with Crippen LogP contribution in [0.25, 0.3) is 16.9 Å². The van der Waals surface area contributed by atoms with Crippen molar-refractivity contribution in [3.05, 3.63) is 117 Å². The van der Waals surface area contributed by atoms with E-state index in [0.717, 1.165) is 44.7 Å². The standard InChI is InChI=1S/C25H19NO3/c1-25(2)23-21(16-12-14-18(15-13-16)26(27)28)19-10-6-7-11-20(19)22(23)24(29-25)17-8-4-3-5-9-17/h3-15H,1-2H3. The molecule has 0 spiro atoms. The van der Waals surface area contributed by atoms with Gasteiger partial charge in [0.1, 0.15) is 11.4 Å². The van der Waals surface area contributed by atoms with E-state index in [2.05, 4.69) is 38.1 Å². The third-order valence-electron chi connectivity index (χ3n) is 5.55. The van der Waals surface area contributed by atoms with Gasteiger partial charge in [0.15, 0.2) is 0 Å². The van der Waals surface area contributed by atoms with Crippen molar-refractivity contribution < 1.29 is 9.66 Å². The predicted molar refractivity (Wildman–Crippen MR) is 114 cm³/mol. The highest BCUT2D eigenvalue weighted by Crippen LogP contribution is 2.57. The van der Waals surface area contributed by atoms with Crippen molar-refractivity contribution in [3.63, 3.8) is 0 Å². The van der Waals surface area contributed by atoms with Crippen LogP contribution in [0.3, 0.4) is 0 Å². The van der Waals surface area contributed by atoms with Crippen LogP contribution < -0.4 is 0 Å². The molecule has 5 rings (SSSR count). The Hall–Kier alpha value is -3.66. The van der Waals surface area contributed by atoms with Crippen LogP contribution in [-0.4, -0.2) is 10.5 Å². The summed E-state index contributed by atoms with van der Waals surface area (Å²) in [4.78, 5) is 10.7. The van der Waals surface area contributed by atoms with Gasteiger partial charge in [-0.2, -0.15) is 0 Å². The molecule has 0 saturated heterocycles. The van der Waals surface area contributed by atoms with Crippen LogP contribution >= 0.6 is 0 Å². The van der Waals surface area contributed by atoms with Gasteiger partial charge in [-0.15, -0.1) is 0 Å². The molecule has 1 heterocycles. The van der Waals surface area contributed by atoms with Crippen molar-refractivity contribution in [2.75, 3.05) is 0 Å². The molecule has 1 aliphatic carbocycles. The van der Waals surface area contributed by atoms with Crippen LogP contribution in [0.2, 0.25) is 0 Å². The minimum atomic E-state index is -0.517. The summed E-state index contributed by atoms with van der Waals surface area (Å²) in [6, 6.07) is 25.2. The molecule has 4 heteroatoms. The lowest BCUT2D eigenvalue weighted by Gasteiger charge is -2.24. The van der Waals surface area contributed by atoms with Crippen LogP contribution in [0.15, 0.2) is 84.4 Å². The Balaban J connectivity index is 1.81. The lowest BCUT2D eigenvalue weighted by atomic mass is 9.89. The van der Waals surface area contributed by atoms with Gasteiger partial charge in [0.25, 0.3) is 5.69 Å². The van der Waals surface area contributed by atoms with Crippen molar-refractivity contribution in [1.82, 2.24) is 0 Å². The molecule has 4 nitrogen and oxygen atoms in total. The van der Waals surface area contributed by atoms with Crippen molar-refractivity contribution in [3.8, 4) is 0 Å². The SMILES string of the molecule is CC1(C)OC(c2ccccc2)=C2C1=C(c1ccc([N+](=O)[O-])cc1)c1ccccc12. The third-order valence-corrected chi connectivity index (χ3v) is 5.55. The smallest absolute Gasteiger partial charge is 0.269 e. The number of hydrogen-bond acceptors (Lipinski definition) is 3. The second-order valence-corrected chi connectivity index (χ2v) is 7.78. The van der Waals surface area contributed by atoms with E-state index < -0.39 is 5.60 Å². The molecule has 0 saturated carbocycles. The minimum Gasteiger partial charge on any atom is -0.482 e. The Kier molecular flexibility index (Phi) is 3.71. The van der Waals surface area contributed by atoms with Crippen LogP contribution in [0, 0.1) is 10.1 Å². The van der Waals surface area contributed by atoms with Crippen LogP contribution in [0.1, 0.15) is 36.1 Å². The summed E-state index contributed by atoms with van der Waals surface area (Å²) in [6.45, 7) is 4.16. The molecular formula is C25H19NO3. The van der Waals surface area contributed by atoms with Gasteiger partial charge in [-0.1, -0.05) is 54.6 Å². The van der Waals surface area contributed by atoms with Crippen molar-refractivity contribution in [1.29, 1.82) is 0 Å². The zero-order valence-electron chi connectivity index (χ0n) is 16.2. The maximum atomic E-state index is 11.1. The fraction of sp³-hybridized carbons (Fsp3) is 0.120. The summed E-state index contributed by atoms with van der Waals surface area (Å²) in [5, 5.41) is 11.1. The monoisotopic (exact) mass is 381 g/mol. The van der Waals surface area contributed by atoms with E-state index in [4.69, 9.17) is 4.74 Å². The molecule has 0 aromatic heterocycles. The lowest BCUT2D eigenvalue weighted by molar-refractivity contribution is -0.384. The summed E-state index contributed by atoms with van der Waals surface area (Å²) >= 11 is 0. The molecule has 0 unspecified atom stereocenters. The average Bonchev–Trinajstić information content (AvgIpc) is 3.22. The van der Waals surface area contributed by atoms with Crippen LogP contribution in [0.5, 0.6) is 0 Å². The number of ether oxygens (including phenoxy) is 1. The number of rotatable bonds is 3. The summed E-state index contributed by atoms with van der Waals surface area (Å²) < 4.78 is 6.49. The molecule has 0 N–H and O–H groups in total. The maximum absolute atomic E-state index is 11.1. The van der Waals surface area contributed by atoms with Gasteiger partial charge in [-0.3, -0.25) is 10.1 Å². The molecular weight excluding hydrogens is 362 g/mol. The van der Waals surface area contributed by atoms with E-state index in [1.165, 1.54) is 0 Å². The molecule has 0 amide bonds. The van der Waals surface area contributed by atoms with E-state index >= 15 is 0 Å². The number of nitrogens with zero attached hydrogens (tertiary/aromatic N) is 1. The number of nitro benzene ring substituents is 1. The fourth-order valence-corrected chi connectivity index (χ4v) is 4.35. The molecule has 3 aromatic rings. The minimum absolute atomic E-state index is 0.0910. The highest BCUT2D eigenvalue weighted by atomic mass is 16.6. The Labute approximate surface area is 168 Å². The quantitative estimate of drug-likeness (QED) is 0.408. The van der Waals surface area contributed by atoms with Crippen molar-refractivity contribution in [2.45, 2.75) is 19.4 Å². The van der Waals surface area contributed by atoms with Gasteiger partial charge in [-0.25, -0.2) is 0 Å². The average molecular weight is 381 g/mol. The largest absolute Gasteiger partial charge is 0.482 e. The Morgan fingerprint density at radius 1 is 0.759 bits per heavy atom.